The van der Waals surface area contributed by atoms with Gasteiger partial charge in [0, 0.05) is 5.69 Å². The van der Waals surface area contributed by atoms with Crippen LogP contribution in [0.25, 0.3) is 0 Å². The van der Waals surface area contributed by atoms with Gasteiger partial charge in [0.25, 0.3) is 0 Å². The van der Waals surface area contributed by atoms with Crippen LogP contribution in [0.15, 0.2) is 84.9 Å². The Bertz CT molecular complexity index is 937. The van der Waals surface area contributed by atoms with Crippen LogP contribution in [0.2, 0.25) is 0 Å². The Hall–Kier alpha value is -3.08. The summed E-state index contributed by atoms with van der Waals surface area (Å²) in [7, 11) is 0. The molecule has 5 heteroatoms. The van der Waals surface area contributed by atoms with Crippen LogP contribution in [-0.4, -0.2) is 5.91 Å². The molecule has 136 valence electrons. The summed E-state index contributed by atoms with van der Waals surface area (Å²) in [6.45, 7) is 0. The molecule has 0 saturated carbocycles. The molecule has 3 aromatic rings. The summed E-state index contributed by atoms with van der Waals surface area (Å²) >= 11 is 0. The van der Waals surface area contributed by atoms with Crippen molar-refractivity contribution in [2.24, 2.45) is 0 Å². The first-order chi connectivity index (χ1) is 13.0. The van der Waals surface area contributed by atoms with Gasteiger partial charge in [-0.3, -0.25) is 4.79 Å². The van der Waals surface area contributed by atoms with Gasteiger partial charge in [0.05, 0.1) is 17.5 Å². The Morgan fingerprint density at radius 3 is 1.81 bits per heavy atom. The number of carbonyl (C=O) groups excluding carboxylic acids is 1. The van der Waals surface area contributed by atoms with Crippen molar-refractivity contribution in [1.29, 1.82) is 0 Å². The molecule has 0 N–H and O–H groups in total. The summed E-state index contributed by atoms with van der Waals surface area (Å²) in [5.74, 6) is -0.621. The van der Waals surface area contributed by atoms with E-state index < -0.39 is 17.7 Å². The maximum Gasteiger partial charge on any atom is 0.416 e. The van der Waals surface area contributed by atoms with Crippen molar-refractivity contribution in [1.82, 2.24) is 0 Å². The van der Waals surface area contributed by atoms with Crippen molar-refractivity contribution in [3.63, 3.8) is 0 Å². The molecule has 27 heavy (non-hydrogen) atoms. The van der Waals surface area contributed by atoms with Gasteiger partial charge >= 0.3 is 6.18 Å². The van der Waals surface area contributed by atoms with E-state index in [9.17, 15) is 18.0 Å². The highest BCUT2D eigenvalue weighted by molar-refractivity contribution is 6.06. The minimum Gasteiger partial charge on any atom is -0.303 e. The fourth-order valence-electron chi connectivity index (χ4n) is 3.56. The Kier molecular flexibility index (Phi) is 4.22. The van der Waals surface area contributed by atoms with E-state index >= 15 is 0 Å². The van der Waals surface area contributed by atoms with Crippen LogP contribution >= 0.6 is 0 Å². The number of alkyl halides is 3. The second kappa shape index (κ2) is 6.58. The first-order valence-electron chi connectivity index (χ1n) is 8.57. The zero-order valence-electron chi connectivity index (χ0n) is 14.2. The number of benzene rings is 3. The van der Waals surface area contributed by atoms with Crippen LogP contribution in [0.5, 0.6) is 0 Å². The number of amides is 1. The van der Waals surface area contributed by atoms with Crippen molar-refractivity contribution in [3.05, 3.63) is 102 Å². The van der Waals surface area contributed by atoms with E-state index in [1.165, 1.54) is 12.1 Å². The van der Waals surface area contributed by atoms with Gasteiger partial charge in [-0.05, 0) is 35.4 Å². The zero-order valence-corrected chi connectivity index (χ0v) is 14.2. The number of carbonyl (C=O) groups is 1. The Morgan fingerprint density at radius 2 is 1.26 bits per heavy atom. The zero-order chi connectivity index (χ0) is 19.0. The molecule has 1 saturated heterocycles. The minimum atomic E-state index is -4.39. The molecule has 1 heterocycles. The Labute approximate surface area is 154 Å². The molecule has 0 bridgehead atoms. The van der Waals surface area contributed by atoms with Crippen molar-refractivity contribution in [2.75, 3.05) is 4.90 Å². The van der Waals surface area contributed by atoms with E-state index in [0.29, 0.717) is 5.56 Å². The molecular formula is C22H16F3NO. The maximum atomic E-state index is 12.9. The summed E-state index contributed by atoms with van der Waals surface area (Å²) in [5.41, 5.74) is 1.61. The first kappa shape index (κ1) is 17.3. The lowest BCUT2D eigenvalue weighted by molar-refractivity contribution is -0.137. The van der Waals surface area contributed by atoms with Crippen molar-refractivity contribution in [2.45, 2.75) is 18.1 Å². The SMILES string of the molecule is O=C1[C@H](c2ccc(C(F)(F)F)cc2)[C@H](c2ccccc2)N1c1ccccc1. The van der Waals surface area contributed by atoms with E-state index in [1.807, 2.05) is 60.7 Å². The topological polar surface area (TPSA) is 20.3 Å². The number of hydrogen-bond acceptors (Lipinski definition) is 1. The average Bonchev–Trinajstić information content (AvgIpc) is 2.67. The largest absolute Gasteiger partial charge is 0.416 e. The number of halogens is 3. The predicted molar refractivity (Wildman–Crippen MR) is 97.3 cm³/mol. The van der Waals surface area contributed by atoms with Crippen molar-refractivity contribution in [3.8, 4) is 0 Å². The predicted octanol–water partition coefficient (Wildman–Crippen LogP) is 5.58. The van der Waals surface area contributed by atoms with E-state index in [1.54, 1.807) is 4.90 Å². The normalized spacial score (nSPS) is 19.7. The van der Waals surface area contributed by atoms with Crippen LogP contribution < -0.4 is 4.90 Å². The number of anilines is 1. The van der Waals surface area contributed by atoms with Gasteiger partial charge in [0.15, 0.2) is 0 Å². The second-order valence-corrected chi connectivity index (χ2v) is 6.50. The molecule has 3 aromatic carbocycles. The summed E-state index contributed by atoms with van der Waals surface area (Å²) < 4.78 is 38.5. The lowest BCUT2D eigenvalue weighted by Crippen LogP contribution is -2.53. The summed E-state index contributed by atoms with van der Waals surface area (Å²) in [6, 6.07) is 23.5. The maximum absolute atomic E-state index is 12.9. The molecule has 0 aromatic heterocycles. The molecule has 4 rings (SSSR count). The Balaban J connectivity index is 1.73. The third-order valence-electron chi connectivity index (χ3n) is 4.87. The van der Waals surface area contributed by atoms with E-state index in [2.05, 4.69) is 0 Å². The van der Waals surface area contributed by atoms with Crippen LogP contribution in [-0.2, 0) is 11.0 Å². The molecule has 2 nitrogen and oxygen atoms in total. The molecule has 0 aliphatic carbocycles. The average molecular weight is 367 g/mol. The number of rotatable bonds is 3. The standard InChI is InChI=1S/C22H16F3NO/c23-22(24,25)17-13-11-15(12-14-17)19-20(16-7-3-1-4-8-16)26(21(19)27)18-9-5-2-6-10-18/h1-14,19-20H/t19-,20+/m1/s1. The van der Waals surface area contributed by atoms with Crippen LogP contribution in [0.3, 0.4) is 0 Å². The lowest BCUT2D eigenvalue weighted by atomic mass is 9.77. The van der Waals surface area contributed by atoms with E-state index in [-0.39, 0.29) is 11.9 Å². The van der Waals surface area contributed by atoms with Gasteiger partial charge in [-0.15, -0.1) is 0 Å². The minimum absolute atomic E-state index is 0.116. The Morgan fingerprint density at radius 1 is 0.704 bits per heavy atom. The molecule has 0 unspecified atom stereocenters. The third kappa shape index (κ3) is 3.10. The summed E-state index contributed by atoms with van der Waals surface area (Å²) in [4.78, 5) is 14.6. The highest BCUT2D eigenvalue weighted by atomic mass is 19.4. The fourth-order valence-corrected chi connectivity index (χ4v) is 3.56. The molecule has 0 spiro atoms. The van der Waals surface area contributed by atoms with Crippen LogP contribution in [0, 0.1) is 0 Å². The monoisotopic (exact) mass is 367 g/mol. The smallest absolute Gasteiger partial charge is 0.303 e. The van der Waals surface area contributed by atoms with Gasteiger partial charge in [-0.25, -0.2) is 0 Å². The van der Waals surface area contributed by atoms with Crippen molar-refractivity contribution < 1.29 is 18.0 Å². The van der Waals surface area contributed by atoms with Gasteiger partial charge < -0.3 is 4.90 Å². The summed E-state index contributed by atoms with van der Waals surface area (Å²) in [6.07, 6.45) is -4.39. The number of para-hydroxylation sites is 1. The quantitative estimate of drug-likeness (QED) is 0.554. The van der Waals surface area contributed by atoms with Crippen LogP contribution in [0.4, 0.5) is 18.9 Å². The first-order valence-corrected chi connectivity index (χ1v) is 8.57. The van der Waals surface area contributed by atoms with Gasteiger partial charge in [-0.2, -0.15) is 13.2 Å². The van der Waals surface area contributed by atoms with Gasteiger partial charge in [0.1, 0.15) is 0 Å². The fraction of sp³-hybridized carbons (Fsp3) is 0.136. The van der Waals surface area contributed by atoms with E-state index in [4.69, 9.17) is 0 Å². The molecular weight excluding hydrogens is 351 g/mol. The van der Waals surface area contributed by atoms with Gasteiger partial charge in [-0.1, -0.05) is 60.7 Å². The number of nitrogens with zero attached hydrogens (tertiary/aromatic N) is 1. The lowest BCUT2D eigenvalue weighted by Gasteiger charge is -2.47. The summed E-state index contributed by atoms with van der Waals surface area (Å²) in [5, 5.41) is 0. The second-order valence-electron chi connectivity index (χ2n) is 6.50. The van der Waals surface area contributed by atoms with Crippen molar-refractivity contribution >= 4 is 11.6 Å². The molecule has 1 aliphatic heterocycles. The molecule has 0 radical (unpaired) electrons. The molecule has 1 fully saturated rings. The highest BCUT2D eigenvalue weighted by Crippen LogP contribution is 2.49. The third-order valence-corrected chi connectivity index (χ3v) is 4.87. The molecule has 1 aliphatic rings. The number of hydrogen-bond donors (Lipinski definition) is 0. The molecule has 1 amide bonds. The highest BCUT2D eigenvalue weighted by Gasteiger charge is 2.49. The number of β-lactam (4-membered cyclic amide) rings is 1. The molecule has 2 atom stereocenters. The van der Waals surface area contributed by atoms with Gasteiger partial charge in [0.2, 0.25) is 5.91 Å². The van der Waals surface area contributed by atoms with Crippen LogP contribution in [0.1, 0.15) is 28.7 Å². The van der Waals surface area contributed by atoms with E-state index in [0.717, 1.165) is 23.4 Å².